The standard InChI is InChI=1S/C79H51NO3Si/c1-4-37-84-75-67-36-34-48(46-30-32-55-53-21-9-15-27-62(53)78(64(55)41-46)58-23-11-5-17-49(58)50-18-6-12-24-59(50)78)73(75)82-70-39-45(3)40-71(76(70)84)83-74-57(43-69-72(77(74)84)80(67)66-35-29-44(2)38-68(66)81-69)47-31-33-56-54-22-10-16-28-63(54)79(65(56)42-47)60-25-13-7-19-51(60)52-20-8-14-26-61(52)79/h5-36,38-43H,4,37H2,1-3H3. The zero-order valence-electron chi connectivity index (χ0n) is 46.5. The van der Waals surface area contributed by atoms with E-state index in [2.05, 4.69) is 256 Å². The fourth-order valence-corrected chi connectivity index (χ4v) is 23.5. The Balaban J connectivity index is 0.869. The Morgan fingerprint density at radius 1 is 0.333 bits per heavy atom. The van der Waals surface area contributed by atoms with Gasteiger partial charge in [0.2, 0.25) is 0 Å². The molecule has 0 amide bonds. The second-order valence-electron chi connectivity index (χ2n) is 24.5. The topological polar surface area (TPSA) is 30.9 Å². The zero-order valence-corrected chi connectivity index (χ0v) is 47.5. The Bertz CT molecular complexity index is 4940. The number of benzene rings is 12. The van der Waals surface area contributed by atoms with Crippen molar-refractivity contribution in [3.05, 3.63) is 286 Å². The van der Waals surface area contributed by atoms with Gasteiger partial charge in [-0.25, -0.2) is 0 Å². The summed E-state index contributed by atoms with van der Waals surface area (Å²) in [6, 6.07) is 88.4. The van der Waals surface area contributed by atoms with Crippen LogP contribution in [-0.4, -0.2) is 8.07 Å². The van der Waals surface area contributed by atoms with Gasteiger partial charge in [0.15, 0.2) is 19.6 Å². The highest BCUT2D eigenvalue weighted by Gasteiger charge is 2.61. The molecule has 0 radical (unpaired) electrons. The van der Waals surface area contributed by atoms with Crippen LogP contribution in [0.25, 0.3) is 66.8 Å². The molecule has 0 bridgehead atoms. The third-order valence-electron chi connectivity index (χ3n) is 20.5. The number of hydrogen-bond donors (Lipinski definition) is 0. The number of hydrogen-bond acceptors (Lipinski definition) is 4. The molecule has 5 heteroatoms. The first-order valence-corrected chi connectivity index (χ1v) is 32.0. The minimum absolute atomic E-state index is 0.486. The SMILES string of the molecule is CCC[Si]12c3c4cc(C)cc3Oc3c(-c5ccc6c(c5)C5(c7ccccc7-c7ccccc75)c5ccccc5-6)cc5c(c31)N(c1ccc(C)cc1O5)c1ccc(-c3ccc5c(c3)C3(c6ccccc6-c6ccccc63)c3ccccc3-5)c(c12)O4. The van der Waals surface area contributed by atoms with Gasteiger partial charge in [0.25, 0.3) is 0 Å². The van der Waals surface area contributed by atoms with E-state index in [1.807, 2.05) is 0 Å². The Morgan fingerprint density at radius 2 is 0.750 bits per heavy atom. The number of fused-ring (bicyclic) bond motifs is 23. The first-order valence-electron chi connectivity index (χ1n) is 29.8. The van der Waals surface area contributed by atoms with Crippen LogP contribution in [0, 0.1) is 13.8 Å². The summed E-state index contributed by atoms with van der Waals surface area (Å²) in [5.74, 6) is 5.38. The minimum Gasteiger partial charge on any atom is -0.457 e. The monoisotopic (exact) mass is 1090 g/mol. The molecule has 12 aromatic carbocycles. The average Bonchev–Trinajstić information content (AvgIpc) is 0.738. The highest BCUT2D eigenvalue weighted by molar-refractivity contribution is 7.15. The maximum Gasteiger partial charge on any atom is 0.173 e. The van der Waals surface area contributed by atoms with E-state index in [0.29, 0.717) is 0 Å². The maximum absolute atomic E-state index is 7.76. The van der Waals surface area contributed by atoms with E-state index < -0.39 is 18.9 Å². The molecule has 4 aliphatic carbocycles. The van der Waals surface area contributed by atoms with Crippen LogP contribution >= 0.6 is 0 Å². The van der Waals surface area contributed by atoms with Crippen molar-refractivity contribution < 1.29 is 14.2 Å². The van der Waals surface area contributed by atoms with E-state index in [4.69, 9.17) is 14.2 Å². The number of rotatable bonds is 4. The molecule has 2 spiro atoms. The third-order valence-corrected chi connectivity index (χ3v) is 25.8. The van der Waals surface area contributed by atoms with E-state index in [1.54, 1.807) is 0 Å². The van der Waals surface area contributed by atoms with Gasteiger partial charge in [-0.2, -0.15) is 0 Å². The normalized spacial score (nSPS) is 16.9. The average molecular weight is 1090 g/mol. The summed E-state index contributed by atoms with van der Waals surface area (Å²) >= 11 is 0. The Morgan fingerprint density at radius 3 is 1.24 bits per heavy atom. The number of aryl methyl sites for hydroxylation is 2. The molecule has 4 nitrogen and oxygen atoms in total. The van der Waals surface area contributed by atoms with Crippen molar-refractivity contribution in [2.75, 3.05) is 4.90 Å². The molecule has 1 atom stereocenters. The van der Waals surface area contributed by atoms with E-state index in [-0.39, 0.29) is 0 Å². The molecule has 8 aliphatic rings. The summed E-state index contributed by atoms with van der Waals surface area (Å²) in [4.78, 5) is 2.51. The number of ether oxygens (including phenoxy) is 3. The van der Waals surface area contributed by atoms with Crippen LogP contribution in [0.5, 0.6) is 34.5 Å². The molecule has 0 fully saturated rings. The molecule has 1 unspecified atom stereocenters. The van der Waals surface area contributed by atoms with Crippen LogP contribution in [0.4, 0.5) is 17.1 Å². The third kappa shape index (κ3) is 5.14. The van der Waals surface area contributed by atoms with E-state index in [9.17, 15) is 0 Å². The summed E-state index contributed by atoms with van der Waals surface area (Å²) < 4.78 is 22.9. The quantitative estimate of drug-likeness (QED) is 0.164. The van der Waals surface area contributed by atoms with Gasteiger partial charge >= 0.3 is 0 Å². The summed E-state index contributed by atoms with van der Waals surface area (Å²) in [6.07, 6.45) is 0.966. The Kier molecular flexibility index (Phi) is 8.46. The molecule has 0 saturated carbocycles. The van der Waals surface area contributed by atoms with Crippen molar-refractivity contribution >= 4 is 40.7 Å². The van der Waals surface area contributed by atoms with Gasteiger partial charge in [-0.3, -0.25) is 0 Å². The van der Waals surface area contributed by atoms with Gasteiger partial charge < -0.3 is 19.1 Å². The fraction of sp³-hybridized carbons (Fsp3) is 0.0886. The van der Waals surface area contributed by atoms with Crippen LogP contribution < -0.4 is 34.7 Å². The predicted octanol–water partition coefficient (Wildman–Crippen LogP) is 18.3. The maximum atomic E-state index is 7.76. The Hall–Kier alpha value is -9.94. The molecule has 4 aliphatic heterocycles. The summed E-state index contributed by atoms with van der Waals surface area (Å²) in [7, 11) is -3.16. The fourth-order valence-electron chi connectivity index (χ4n) is 17.7. The summed E-state index contributed by atoms with van der Waals surface area (Å²) in [5, 5.41) is 3.81. The predicted molar refractivity (Wildman–Crippen MR) is 340 cm³/mol. The van der Waals surface area contributed by atoms with Gasteiger partial charge in [-0.1, -0.05) is 189 Å². The molecule has 394 valence electrons. The zero-order chi connectivity index (χ0) is 55.1. The van der Waals surface area contributed by atoms with Crippen LogP contribution in [0.3, 0.4) is 0 Å². The van der Waals surface area contributed by atoms with Gasteiger partial charge in [0, 0.05) is 26.7 Å². The van der Waals surface area contributed by atoms with Crippen molar-refractivity contribution in [2.24, 2.45) is 0 Å². The Labute approximate surface area is 488 Å². The van der Waals surface area contributed by atoms with Gasteiger partial charge in [0.1, 0.15) is 23.0 Å². The molecule has 4 heterocycles. The number of nitrogens with zero attached hydrogens (tertiary/aromatic N) is 1. The lowest BCUT2D eigenvalue weighted by Crippen LogP contribution is -2.73. The second kappa shape index (κ2) is 15.6. The van der Waals surface area contributed by atoms with Crippen molar-refractivity contribution in [3.8, 4) is 101 Å². The summed E-state index contributed by atoms with van der Waals surface area (Å²) in [5.41, 5.74) is 29.8. The van der Waals surface area contributed by atoms with Crippen LogP contribution in [0.1, 0.15) is 69.0 Å². The molecule has 0 N–H and O–H groups in total. The molecule has 0 aromatic heterocycles. The van der Waals surface area contributed by atoms with E-state index in [0.717, 1.165) is 97.4 Å². The summed E-state index contributed by atoms with van der Waals surface area (Å²) in [6.45, 7) is 6.72. The number of anilines is 3. The lowest BCUT2D eigenvalue weighted by Gasteiger charge is -2.52. The molecular weight excluding hydrogens is 1040 g/mol. The highest BCUT2D eigenvalue weighted by atomic mass is 28.3. The second-order valence-corrected chi connectivity index (χ2v) is 28.3. The molecule has 12 aromatic rings. The highest BCUT2D eigenvalue weighted by Crippen LogP contribution is 2.67. The van der Waals surface area contributed by atoms with Crippen molar-refractivity contribution in [1.29, 1.82) is 0 Å². The molecule has 0 saturated heterocycles. The lowest BCUT2D eigenvalue weighted by molar-refractivity contribution is 0.457. The van der Waals surface area contributed by atoms with Crippen molar-refractivity contribution in [3.63, 3.8) is 0 Å². The van der Waals surface area contributed by atoms with E-state index >= 15 is 0 Å². The van der Waals surface area contributed by atoms with Gasteiger partial charge in [0.05, 0.1) is 27.9 Å². The first-order chi connectivity index (χ1) is 41.4. The van der Waals surface area contributed by atoms with Gasteiger partial charge in [-0.05, 0) is 186 Å². The van der Waals surface area contributed by atoms with Crippen molar-refractivity contribution in [1.82, 2.24) is 0 Å². The van der Waals surface area contributed by atoms with Crippen LogP contribution in [0.15, 0.2) is 231 Å². The smallest absolute Gasteiger partial charge is 0.173 e. The first kappa shape index (κ1) is 45.6. The molecular formula is C79H51NO3Si. The van der Waals surface area contributed by atoms with Gasteiger partial charge in [-0.15, -0.1) is 0 Å². The molecule has 20 rings (SSSR count). The van der Waals surface area contributed by atoms with Crippen LogP contribution in [-0.2, 0) is 10.8 Å². The lowest BCUT2D eigenvalue weighted by atomic mass is 9.70. The van der Waals surface area contributed by atoms with Crippen LogP contribution in [0.2, 0.25) is 6.04 Å². The molecule has 84 heavy (non-hydrogen) atoms. The largest absolute Gasteiger partial charge is 0.457 e. The van der Waals surface area contributed by atoms with E-state index in [1.165, 1.54) is 105 Å². The minimum atomic E-state index is -3.16. The van der Waals surface area contributed by atoms with Crippen molar-refractivity contribution in [2.45, 2.75) is 44.1 Å².